The number of nitrogens with two attached hydrogens (primary N) is 1. The number of hydrogen-bond donors (Lipinski definition) is 1. The van der Waals surface area contributed by atoms with E-state index in [0.29, 0.717) is 6.54 Å². The van der Waals surface area contributed by atoms with Crippen LogP contribution in [0.1, 0.15) is 13.3 Å². The highest BCUT2D eigenvalue weighted by Gasteiger charge is 2.07. The maximum atomic E-state index is 5.54. The summed E-state index contributed by atoms with van der Waals surface area (Å²) in [5.74, 6) is 1.01. The summed E-state index contributed by atoms with van der Waals surface area (Å²) >= 11 is 0. The van der Waals surface area contributed by atoms with Gasteiger partial charge in [-0.15, -0.1) is 0 Å². The molecule has 1 aromatic heterocycles. The SMILES string of the molecule is CCCN(CCN)c1nccn1C. The van der Waals surface area contributed by atoms with Crippen molar-refractivity contribution >= 4 is 5.95 Å². The van der Waals surface area contributed by atoms with E-state index < -0.39 is 0 Å². The molecule has 1 aromatic rings. The molecule has 0 saturated heterocycles. The first-order valence-electron chi connectivity index (χ1n) is 4.72. The van der Waals surface area contributed by atoms with Crippen molar-refractivity contribution in [3.8, 4) is 0 Å². The van der Waals surface area contributed by atoms with Crippen LogP contribution in [0.25, 0.3) is 0 Å². The Labute approximate surface area is 79.4 Å². The summed E-state index contributed by atoms with van der Waals surface area (Å²) in [6, 6.07) is 0. The van der Waals surface area contributed by atoms with Gasteiger partial charge >= 0.3 is 0 Å². The van der Waals surface area contributed by atoms with Crippen LogP contribution in [0.5, 0.6) is 0 Å². The fourth-order valence-corrected chi connectivity index (χ4v) is 1.40. The molecule has 74 valence electrons. The van der Waals surface area contributed by atoms with Crippen molar-refractivity contribution in [1.29, 1.82) is 0 Å². The van der Waals surface area contributed by atoms with Gasteiger partial charge in [0.25, 0.3) is 0 Å². The van der Waals surface area contributed by atoms with E-state index in [0.717, 1.165) is 25.5 Å². The number of hydrogen-bond acceptors (Lipinski definition) is 3. The van der Waals surface area contributed by atoms with Crippen LogP contribution in [0, 0.1) is 0 Å². The lowest BCUT2D eigenvalue weighted by Crippen LogP contribution is -2.32. The van der Waals surface area contributed by atoms with Crippen molar-refractivity contribution in [2.24, 2.45) is 12.8 Å². The first kappa shape index (κ1) is 10.1. The van der Waals surface area contributed by atoms with Crippen molar-refractivity contribution < 1.29 is 0 Å². The predicted molar refractivity (Wildman–Crippen MR) is 54.8 cm³/mol. The van der Waals surface area contributed by atoms with Gasteiger partial charge in [-0.05, 0) is 6.42 Å². The third-order valence-electron chi connectivity index (χ3n) is 1.97. The van der Waals surface area contributed by atoms with Gasteiger partial charge in [-0.3, -0.25) is 0 Å². The lowest BCUT2D eigenvalue weighted by molar-refractivity contribution is 0.714. The summed E-state index contributed by atoms with van der Waals surface area (Å²) in [4.78, 5) is 6.50. The van der Waals surface area contributed by atoms with Crippen LogP contribution < -0.4 is 10.6 Å². The Morgan fingerprint density at radius 3 is 2.77 bits per heavy atom. The molecule has 0 aliphatic rings. The minimum absolute atomic E-state index is 0.673. The average molecular weight is 182 g/mol. The molecule has 4 nitrogen and oxygen atoms in total. The standard InChI is InChI=1S/C9H18N4/c1-3-6-13(7-4-10)9-11-5-8-12(9)2/h5,8H,3-4,6-7,10H2,1-2H3. The Kier molecular flexibility index (Phi) is 3.76. The second-order valence-electron chi connectivity index (χ2n) is 3.11. The van der Waals surface area contributed by atoms with Gasteiger partial charge in [-0.1, -0.05) is 6.92 Å². The second kappa shape index (κ2) is 4.87. The predicted octanol–water partition coefficient (Wildman–Crippen LogP) is 0.595. The van der Waals surface area contributed by atoms with Crippen molar-refractivity contribution in [2.45, 2.75) is 13.3 Å². The summed E-state index contributed by atoms with van der Waals surface area (Å²) < 4.78 is 2.02. The monoisotopic (exact) mass is 182 g/mol. The molecule has 0 amide bonds. The molecule has 0 radical (unpaired) electrons. The minimum Gasteiger partial charge on any atom is -0.341 e. The first-order chi connectivity index (χ1) is 6.29. The molecule has 0 spiro atoms. The Bertz CT molecular complexity index is 238. The number of aromatic nitrogens is 2. The molecule has 4 heteroatoms. The highest BCUT2D eigenvalue weighted by molar-refractivity contribution is 5.30. The quantitative estimate of drug-likeness (QED) is 0.725. The van der Waals surface area contributed by atoms with E-state index >= 15 is 0 Å². The van der Waals surface area contributed by atoms with Crippen LogP contribution in [0.15, 0.2) is 12.4 Å². The molecule has 0 atom stereocenters. The molecule has 0 saturated carbocycles. The maximum Gasteiger partial charge on any atom is 0.205 e. The van der Waals surface area contributed by atoms with E-state index in [1.54, 1.807) is 0 Å². The Hall–Kier alpha value is -1.03. The van der Waals surface area contributed by atoms with Gasteiger partial charge in [-0.25, -0.2) is 4.98 Å². The summed E-state index contributed by atoms with van der Waals surface area (Å²) in [6.07, 6.45) is 4.88. The third-order valence-corrected chi connectivity index (χ3v) is 1.97. The van der Waals surface area contributed by atoms with Crippen molar-refractivity contribution in [1.82, 2.24) is 9.55 Å². The topological polar surface area (TPSA) is 47.1 Å². The molecule has 0 unspecified atom stereocenters. The van der Waals surface area contributed by atoms with Crippen LogP contribution in [0.2, 0.25) is 0 Å². The van der Waals surface area contributed by atoms with E-state index in [-0.39, 0.29) is 0 Å². The number of nitrogens with zero attached hydrogens (tertiary/aromatic N) is 3. The maximum absolute atomic E-state index is 5.54. The third kappa shape index (κ3) is 2.45. The van der Waals surface area contributed by atoms with E-state index in [1.165, 1.54) is 0 Å². The van der Waals surface area contributed by atoms with Crippen molar-refractivity contribution in [2.75, 3.05) is 24.5 Å². The minimum atomic E-state index is 0.673. The van der Waals surface area contributed by atoms with E-state index in [2.05, 4.69) is 16.8 Å². The second-order valence-corrected chi connectivity index (χ2v) is 3.11. The smallest absolute Gasteiger partial charge is 0.205 e. The molecule has 1 rings (SSSR count). The number of rotatable bonds is 5. The number of imidazole rings is 1. The van der Waals surface area contributed by atoms with Gasteiger partial charge < -0.3 is 15.2 Å². The average Bonchev–Trinajstić information content (AvgIpc) is 2.51. The van der Waals surface area contributed by atoms with Crippen LogP contribution in [0.3, 0.4) is 0 Å². The zero-order valence-corrected chi connectivity index (χ0v) is 8.40. The molecule has 1 heterocycles. The molecule has 13 heavy (non-hydrogen) atoms. The van der Waals surface area contributed by atoms with Crippen LogP contribution in [0.4, 0.5) is 5.95 Å². The lowest BCUT2D eigenvalue weighted by atomic mass is 10.4. The fraction of sp³-hybridized carbons (Fsp3) is 0.667. The van der Waals surface area contributed by atoms with Crippen LogP contribution in [-0.4, -0.2) is 29.2 Å². The highest BCUT2D eigenvalue weighted by Crippen LogP contribution is 2.09. The fourth-order valence-electron chi connectivity index (χ4n) is 1.40. The highest BCUT2D eigenvalue weighted by atomic mass is 15.3. The molecule has 0 aromatic carbocycles. The molecule has 0 fully saturated rings. The van der Waals surface area contributed by atoms with Gasteiger partial charge in [0, 0.05) is 39.1 Å². The molecular weight excluding hydrogens is 164 g/mol. The van der Waals surface area contributed by atoms with Gasteiger partial charge in [-0.2, -0.15) is 0 Å². The summed E-state index contributed by atoms with van der Waals surface area (Å²) in [7, 11) is 2.00. The van der Waals surface area contributed by atoms with Crippen molar-refractivity contribution in [3.63, 3.8) is 0 Å². The zero-order chi connectivity index (χ0) is 9.68. The van der Waals surface area contributed by atoms with Gasteiger partial charge in [0.15, 0.2) is 0 Å². The van der Waals surface area contributed by atoms with E-state index in [4.69, 9.17) is 5.73 Å². The molecular formula is C9H18N4. The van der Waals surface area contributed by atoms with Gasteiger partial charge in [0.05, 0.1) is 0 Å². The Morgan fingerprint density at radius 2 is 2.31 bits per heavy atom. The Morgan fingerprint density at radius 1 is 1.54 bits per heavy atom. The Balaban J connectivity index is 2.69. The van der Waals surface area contributed by atoms with Gasteiger partial charge in [0.1, 0.15) is 0 Å². The van der Waals surface area contributed by atoms with Crippen molar-refractivity contribution in [3.05, 3.63) is 12.4 Å². The summed E-state index contributed by atoms with van der Waals surface area (Å²) in [5, 5.41) is 0. The van der Waals surface area contributed by atoms with E-state index in [1.807, 2.05) is 24.0 Å². The summed E-state index contributed by atoms with van der Waals surface area (Å²) in [5.41, 5.74) is 5.54. The summed E-state index contributed by atoms with van der Waals surface area (Å²) in [6.45, 7) is 4.72. The number of aryl methyl sites for hydroxylation is 1. The molecule has 0 bridgehead atoms. The van der Waals surface area contributed by atoms with Crippen LogP contribution in [-0.2, 0) is 7.05 Å². The number of anilines is 1. The van der Waals surface area contributed by atoms with Gasteiger partial charge in [0.2, 0.25) is 5.95 Å². The lowest BCUT2D eigenvalue weighted by Gasteiger charge is -2.22. The molecule has 0 aliphatic carbocycles. The molecule has 0 aliphatic heterocycles. The largest absolute Gasteiger partial charge is 0.341 e. The normalized spacial score (nSPS) is 10.4. The van der Waals surface area contributed by atoms with Crippen LogP contribution >= 0.6 is 0 Å². The zero-order valence-electron chi connectivity index (χ0n) is 8.40. The van der Waals surface area contributed by atoms with E-state index in [9.17, 15) is 0 Å². The molecule has 2 N–H and O–H groups in total. The first-order valence-corrected chi connectivity index (χ1v) is 4.72.